The Kier molecular flexibility index (Phi) is 4.95. The van der Waals surface area contributed by atoms with E-state index in [1.807, 2.05) is 24.9 Å². The molecule has 7 heteroatoms. The van der Waals surface area contributed by atoms with Gasteiger partial charge in [-0.25, -0.2) is 0 Å². The molecule has 2 heterocycles. The number of amides is 1. The van der Waals surface area contributed by atoms with Gasteiger partial charge in [0.05, 0.1) is 25.2 Å². The van der Waals surface area contributed by atoms with Crippen molar-refractivity contribution in [2.45, 2.75) is 39.4 Å². The van der Waals surface area contributed by atoms with Crippen LogP contribution >= 0.6 is 0 Å². The maximum atomic E-state index is 12.1. The molecule has 1 N–H and O–H groups in total. The second-order valence-corrected chi connectivity index (χ2v) is 5.32. The minimum absolute atomic E-state index is 0.0607. The Hall–Kier alpha value is -1.89. The quantitative estimate of drug-likeness (QED) is 0.822. The van der Waals surface area contributed by atoms with Crippen LogP contribution in [0.2, 0.25) is 0 Å². The van der Waals surface area contributed by atoms with Gasteiger partial charge in [-0.2, -0.15) is 5.10 Å². The molecule has 1 aliphatic heterocycles. The van der Waals surface area contributed by atoms with E-state index < -0.39 is 5.97 Å². The first-order valence-electron chi connectivity index (χ1n) is 7.27. The lowest BCUT2D eigenvalue weighted by molar-refractivity contribution is -0.141. The van der Waals surface area contributed by atoms with Gasteiger partial charge in [-0.15, -0.1) is 0 Å². The summed E-state index contributed by atoms with van der Waals surface area (Å²) in [6.45, 7) is 7.31. The number of carbonyl (C=O) groups is 2. The lowest BCUT2D eigenvalue weighted by Crippen LogP contribution is -2.55. The number of nitrogens with zero attached hydrogens (tertiary/aromatic N) is 4. The standard InChI is InChI=1S/C14H22N4O3/c1-3-16-6-7-17(11(2)14(16)21)9-12-8-15-18(10-12)5-4-13(19)20/h8,10-11H,3-7,9H2,1-2H3,(H,19,20). The molecule has 1 atom stereocenters. The highest BCUT2D eigenvalue weighted by molar-refractivity contribution is 5.82. The number of rotatable bonds is 6. The molecule has 0 aliphatic carbocycles. The van der Waals surface area contributed by atoms with Crippen LogP contribution in [0.4, 0.5) is 0 Å². The number of aromatic nitrogens is 2. The predicted octanol–water partition coefficient (Wildman–Crippen LogP) is 0.410. The average molecular weight is 294 g/mol. The summed E-state index contributed by atoms with van der Waals surface area (Å²) in [5.41, 5.74) is 1.00. The zero-order chi connectivity index (χ0) is 15.4. The molecule has 1 aliphatic rings. The maximum absolute atomic E-state index is 12.1. The highest BCUT2D eigenvalue weighted by atomic mass is 16.4. The van der Waals surface area contributed by atoms with Crippen LogP contribution in [0.3, 0.4) is 0 Å². The van der Waals surface area contributed by atoms with Gasteiger partial charge in [0.25, 0.3) is 0 Å². The monoisotopic (exact) mass is 294 g/mol. The number of likely N-dealkylation sites (N-methyl/N-ethyl adjacent to an activating group) is 1. The summed E-state index contributed by atoms with van der Waals surface area (Å²) >= 11 is 0. The van der Waals surface area contributed by atoms with E-state index in [1.54, 1.807) is 10.9 Å². The van der Waals surface area contributed by atoms with E-state index in [9.17, 15) is 9.59 Å². The number of carboxylic acids is 1. The summed E-state index contributed by atoms with van der Waals surface area (Å²) in [5.74, 6) is -0.663. The van der Waals surface area contributed by atoms with Crippen LogP contribution in [0.25, 0.3) is 0 Å². The number of aryl methyl sites for hydroxylation is 1. The molecule has 0 radical (unpaired) electrons. The minimum Gasteiger partial charge on any atom is -0.481 e. The van der Waals surface area contributed by atoms with Gasteiger partial charge in [0, 0.05) is 37.9 Å². The summed E-state index contributed by atoms with van der Waals surface area (Å²) < 4.78 is 1.64. The number of aliphatic carboxylic acids is 1. The van der Waals surface area contributed by atoms with E-state index in [-0.39, 0.29) is 18.4 Å². The predicted molar refractivity (Wildman–Crippen MR) is 76.6 cm³/mol. The van der Waals surface area contributed by atoms with E-state index in [0.29, 0.717) is 13.1 Å². The number of hydrogen-bond acceptors (Lipinski definition) is 4. The van der Waals surface area contributed by atoms with Crippen molar-refractivity contribution in [3.05, 3.63) is 18.0 Å². The Morgan fingerprint density at radius 1 is 1.48 bits per heavy atom. The van der Waals surface area contributed by atoms with E-state index in [0.717, 1.165) is 25.2 Å². The molecule has 0 saturated carbocycles. The molecule has 0 bridgehead atoms. The lowest BCUT2D eigenvalue weighted by atomic mass is 10.1. The third kappa shape index (κ3) is 3.81. The second kappa shape index (κ2) is 6.71. The molecule has 1 aromatic rings. The number of carboxylic acid groups (broad SMARTS) is 1. The van der Waals surface area contributed by atoms with E-state index in [4.69, 9.17) is 5.11 Å². The normalized spacial score (nSPS) is 20.0. The third-order valence-corrected chi connectivity index (χ3v) is 3.88. The molecule has 21 heavy (non-hydrogen) atoms. The summed E-state index contributed by atoms with van der Waals surface area (Å²) in [6.07, 6.45) is 3.66. The van der Waals surface area contributed by atoms with Gasteiger partial charge >= 0.3 is 5.97 Å². The van der Waals surface area contributed by atoms with Crippen molar-refractivity contribution in [3.8, 4) is 0 Å². The number of piperazine rings is 1. The number of carbonyl (C=O) groups excluding carboxylic acids is 1. The molecular weight excluding hydrogens is 272 g/mol. The van der Waals surface area contributed by atoms with Crippen molar-refractivity contribution in [2.24, 2.45) is 0 Å². The molecule has 0 aromatic carbocycles. The second-order valence-electron chi connectivity index (χ2n) is 5.32. The number of hydrogen-bond donors (Lipinski definition) is 1. The summed E-state index contributed by atoms with van der Waals surface area (Å²) in [5, 5.41) is 12.8. The van der Waals surface area contributed by atoms with E-state index in [2.05, 4.69) is 10.00 Å². The van der Waals surface area contributed by atoms with Crippen molar-refractivity contribution in [1.29, 1.82) is 0 Å². The van der Waals surface area contributed by atoms with Gasteiger partial charge in [0.15, 0.2) is 0 Å². The van der Waals surface area contributed by atoms with Gasteiger partial charge in [-0.3, -0.25) is 19.2 Å². The fraction of sp³-hybridized carbons (Fsp3) is 0.643. The molecule has 116 valence electrons. The topological polar surface area (TPSA) is 78.7 Å². The summed E-state index contributed by atoms with van der Waals surface area (Å²) in [7, 11) is 0. The molecule has 1 fully saturated rings. The Labute approximate surface area is 124 Å². The van der Waals surface area contributed by atoms with Crippen molar-refractivity contribution >= 4 is 11.9 Å². The van der Waals surface area contributed by atoms with E-state index in [1.165, 1.54) is 0 Å². The van der Waals surface area contributed by atoms with Crippen LogP contribution in [0.1, 0.15) is 25.8 Å². The fourth-order valence-corrected chi connectivity index (χ4v) is 2.56. The Balaban J connectivity index is 1.93. The van der Waals surface area contributed by atoms with Gasteiger partial charge in [-0.1, -0.05) is 0 Å². The van der Waals surface area contributed by atoms with Crippen LogP contribution in [0, 0.1) is 0 Å². The molecule has 7 nitrogen and oxygen atoms in total. The minimum atomic E-state index is -0.832. The van der Waals surface area contributed by atoms with Crippen LogP contribution in [0.15, 0.2) is 12.4 Å². The van der Waals surface area contributed by atoms with Gasteiger partial charge in [-0.05, 0) is 13.8 Å². The highest BCUT2D eigenvalue weighted by Gasteiger charge is 2.30. The Bertz CT molecular complexity index is 514. The smallest absolute Gasteiger partial charge is 0.305 e. The van der Waals surface area contributed by atoms with E-state index >= 15 is 0 Å². The summed E-state index contributed by atoms with van der Waals surface area (Å²) in [6, 6.07) is -0.124. The van der Waals surface area contributed by atoms with Gasteiger partial charge in [0.2, 0.25) is 5.91 Å². The van der Waals surface area contributed by atoms with Crippen molar-refractivity contribution in [2.75, 3.05) is 19.6 Å². The van der Waals surface area contributed by atoms with Crippen LogP contribution in [-0.4, -0.2) is 62.2 Å². The van der Waals surface area contributed by atoms with Crippen molar-refractivity contribution in [3.63, 3.8) is 0 Å². The molecule has 1 unspecified atom stereocenters. The first kappa shape index (κ1) is 15.5. The lowest BCUT2D eigenvalue weighted by Gasteiger charge is -2.38. The SMILES string of the molecule is CCN1CCN(Cc2cnn(CCC(=O)O)c2)C(C)C1=O. The summed E-state index contributed by atoms with van der Waals surface area (Å²) in [4.78, 5) is 26.7. The zero-order valence-electron chi connectivity index (χ0n) is 12.5. The largest absolute Gasteiger partial charge is 0.481 e. The van der Waals surface area contributed by atoms with Crippen molar-refractivity contribution < 1.29 is 14.7 Å². The molecule has 2 rings (SSSR count). The first-order chi connectivity index (χ1) is 10.0. The highest BCUT2D eigenvalue weighted by Crippen LogP contribution is 2.14. The van der Waals surface area contributed by atoms with Crippen LogP contribution < -0.4 is 0 Å². The molecule has 1 amide bonds. The van der Waals surface area contributed by atoms with Gasteiger partial charge < -0.3 is 10.0 Å². The Morgan fingerprint density at radius 2 is 2.24 bits per heavy atom. The van der Waals surface area contributed by atoms with Crippen LogP contribution in [-0.2, 0) is 22.7 Å². The van der Waals surface area contributed by atoms with Gasteiger partial charge in [0.1, 0.15) is 0 Å². The molecule has 1 saturated heterocycles. The fourth-order valence-electron chi connectivity index (χ4n) is 2.56. The third-order valence-electron chi connectivity index (χ3n) is 3.88. The van der Waals surface area contributed by atoms with Crippen molar-refractivity contribution in [1.82, 2.24) is 19.6 Å². The average Bonchev–Trinajstić information content (AvgIpc) is 2.90. The maximum Gasteiger partial charge on any atom is 0.305 e. The Morgan fingerprint density at radius 3 is 2.90 bits per heavy atom. The molecule has 0 spiro atoms. The first-order valence-corrected chi connectivity index (χ1v) is 7.27. The molecule has 1 aromatic heterocycles. The van der Waals surface area contributed by atoms with Crippen LogP contribution in [0.5, 0.6) is 0 Å². The molecular formula is C14H22N4O3. The zero-order valence-corrected chi connectivity index (χ0v) is 12.5.